The highest BCUT2D eigenvalue weighted by Crippen LogP contribution is 2.26. The summed E-state index contributed by atoms with van der Waals surface area (Å²) in [4.78, 5) is 1.22. The van der Waals surface area contributed by atoms with Gasteiger partial charge in [0.15, 0.2) is 11.1 Å². The molecule has 0 amide bonds. The van der Waals surface area contributed by atoms with Crippen LogP contribution in [0.3, 0.4) is 0 Å². The lowest BCUT2D eigenvalue weighted by molar-refractivity contribution is -0.00000471. The van der Waals surface area contributed by atoms with Gasteiger partial charge >= 0.3 is 5.13 Å². The molecule has 6 heteroatoms. The molecule has 1 heterocycles. The molecule has 1 aromatic heterocycles. The van der Waals surface area contributed by atoms with Crippen LogP contribution in [-0.4, -0.2) is 4.57 Å². The Labute approximate surface area is 156 Å². The summed E-state index contributed by atoms with van der Waals surface area (Å²) in [5.74, 6) is 0. The van der Waals surface area contributed by atoms with Crippen molar-refractivity contribution in [3.05, 3.63) is 71.2 Å². The van der Waals surface area contributed by atoms with Crippen molar-refractivity contribution in [2.45, 2.75) is 13.5 Å². The molecule has 3 aromatic rings. The molecule has 0 radical (unpaired) electrons. The highest BCUT2D eigenvalue weighted by atomic mass is 79.9. The van der Waals surface area contributed by atoms with E-state index in [0.29, 0.717) is 0 Å². The van der Waals surface area contributed by atoms with Gasteiger partial charge in [0.05, 0.1) is 17.0 Å². The summed E-state index contributed by atoms with van der Waals surface area (Å²) in [6.07, 6.45) is 2.05. The van der Waals surface area contributed by atoms with E-state index in [4.69, 9.17) is 0 Å². The number of anilines is 1. The van der Waals surface area contributed by atoms with Gasteiger partial charge in [-0.1, -0.05) is 35.4 Å². The molecular weight excluding hydrogens is 384 g/mol. The van der Waals surface area contributed by atoms with Gasteiger partial charge in [-0.05, 0) is 29.8 Å². The van der Waals surface area contributed by atoms with Gasteiger partial charge in [-0.3, -0.25) is 0 Å². The second kappa shape index (κ2) is 8.70. The number of azo groups is 1. The van der Waals surface area contributed by atoms with Crippen molar-refractivity contribution in [2.24, 2.45) is 17.3 Å². The van der Waals surface area contributed by atoms with Crippen molar-refractivity contribution >= 4 is 27.8 Å². The quantitative estimate of drug-likeness (QED) is 0.517. The first-order chi connectivity index (χ1) is 11.2. The normalized spacial score (nSPS) is 10.6. The van der Waals surface area contributed by atoms with E-state index >= 15 is 0 Å². The molecule has 0 unspecified atom stereocenters. The zero-order chi connectivity index (χ0) is 16.1. The van der Waals surface area contributed by atoms with Gasteiger partial charge in [-0.15, -0.1) is 5.11 Å². The maximum Gasteiger partial charge on any atom is 0.317 e. The molecule has 1 N–H and O–H groups in total. The van der Waals surface area contributed by atoms with Gasteiger partial charge in [-0.2, -0.15) is 0 Å². The number of nitrogens with one attached hydrogen (secondary N) is 1. The molecule has 0 aliphatic carbocycles. The lowest BCUT2D eigenvalue weighted by Crippen LogP contribution is -3.00. The molecule has 0 spiro atoms. The minimum absolute atomic E-state index is 0. The lowest BCUT2D eigenvalue weighted by Gasteiger charge is -2.06. The minimum Gasteiger partial charge on any atom is -1.00 e. The fourth-order valence-corrected chi connectivity index (χ4v) is 2.98. The third-order valence-corrected chi connectivity index (χ3v) is 4.37. The second-order valence-corrected chi connectivity index (χ2v) is 6.53. The Bertz CT molecular complexity index is 798. The fourth-order valence-electron chi connectivity index (χ4n) is 2.21. The van der Waals surface area contributed by atoms with Gasteiger partial charge in [0.2, 0.25) is 0 Å². The van der Waals surface area contributed by atoms with Crippen LogP contribution in [0.15, 0.2) is 71.0 Å². The van der Waals surface area contributed by atoms with Crippen LogP contribution in [0.5, 0.6) is 0 Å². The van der Waals surface area contributed by atoms with E-state index in [-0.39, 0.29) is 17.0 Å². The molecule has 0 saturated heterocycles. The van der Waals surface area contributed by atoms with Crippen LogP contribution in [-0.2, 0) is 13.6 Å². The van der Waals surface area contributed by atoms with Crippen LogP contribution in [0, 0.1) is 6.92 Å². The average Bonchev–Trinajstić information content (AvgIpc) is 2.90. The molecule has 24 heavy (non-hydrogen) atoms. The van der Waals surface area contributed by atoms with Crippen LogP contribution < -0.4 is 22.3 Å². The highest BCUT2D eigenvalue weighted by molar-refractivity contribution is 7.15. The summed E-state index contributed by atoms with van der Waals surface area (Å²) in [6.45, 7) is 2.88. The number of aromatic nitrogens is 1. The molecule has 0 atom stereocenters. The molecule has 4 nitrogen and oxygen atoms in total. The Morgan fingerprint density at radius 3 is 2.42 bits per heavy atom. The number of aryl methyl sites for hydroxylation is 2. The number of benzene rings is 2. The van der Waals surface area contributed by atoms with Crippen molar-refractivity contribution < 1.29 is 17.0 Å². The summed E-state index contributed by atoms with van der Waals surface area (Å²) < 4.78 is 1.99. The molecule has 2 aromatic carbocycles. The van der Waals surface area contributed by atoms with Crippen LogP contribution in [0.4, 0.5) is 16.5 Å². The number of hydrogen-bond acceptors (Lipinski definition) is 4. The number of nitrogens with zero attached hydrogens (tertiary/aromatic N) is 3. The number of thiazole rings is 1. The van der Waals surface area contributed by atoms with Crippen LogP contribution in [0.25, 0.3) is 0 Å². The highest BCUT2D eigenvalue weighted by Gasteiger charge is 2.09. The van der Waals surface area contributed by atoms with Gasteiger partial charge in [-0.25, -0.2) is 4.57 Å². The maximum absolute atomic E-state index is 4.31. The predicted molar refractivity (Wildman–Crippen MR) is 96.8 cm³/mol. The average molecular weight is 403 g/mol. The monoisotopic (exact) mass is 402 g/mol. The van der Waals surface area contributed by atoms with Crippen molar-refractivity contribution in [3.63, 3.8) is 0 Å². The Balaban J connectivity index is 0.00000208. The van der Waals surface area contributed by atoms with E-state index in [0.717, 1.165) is 23.1 Å². The molecular formula is C18H19BrN4S. The first-order valence-corrected chi connectivity index (χ1v) is 8.28. The minimum atomic E-state index is 0. The summed E-state index contributed by atoms with van der Waals surface area (Å²) >= 11 is 1.63. The van der Waals surface area contributed by atoms with Crippen LogP contribution in [0.1, 0.15) is 10.4 Å². The van der Waals surface area contributed by atoms with Gasteiger partial charge < -0.3 is 22.3 Å². The summed E-state index contributed by atoms with van der Waals surface area (Å²) in [6, 6.07) is 18.3. The van der Waals surface area contributed by atoms with E-state index in [2.05, 4.69) is 40.8 Å². The van der Waals surface area contributed by atoms with Gasteiger partial charge in [0.25, 0.3) is 0 Å². The van der Waals surface area contributed by atoms with E-state index in [1.807, 2.05) is 54.1 Å². The summed E-state index contributed by atoms with van der Waals surface area (Å²) in [7, 11) is 1.98. The second-order valence-electron chi connectivity index (χ2n) is 5.32. The zero-order valence-electron chi connectivity index (χ0n) is 13.6. The standard InChI is InChI=1S/C18H19N4S.BrH/c1-14-13-22(2)18(23-14)21-20-17-10-8-16(9-11-17)19-12-15-6-4-3-5-7-15;/h3-11,13,19H,12H2,1-2H3;1H/q+1;/p-1. The SMILES string of the molecule is Cc1cn(C)[c+](N=Nc2ccc(NCc3ccccc3)cc2)s1.[Br-]. The first-order valence-electron chi connectivity index (χ1n) is 7.46. The van der Waals surface area contributed by atoms with E-state index < -0.39 is 0 Å². The number of halogens is 1. The lowest BCUT2D eigenvalue weighted by atomic mass is 10.2. The molecule has 0 bridgehead atoms. The first kappa shape index (κ1) is 18.3. The number of rotatable bonds is 5. The summed E-state index contributed by atoms with van der Waals surface area (Å²) in [5, 5.41) is 12.9. The van der Waals surface area contributed by atoms with E-state index in [1.165, 1.54) is 10.4 Å². The van der Waals surface area contributed by atoms with E-state index in [9.17, 15) is 0 Å². The summed E-state index contributed by atoms with van der Waals surface area (Å²) in [5.41, 5.74) is 3.18. The van der Waals surface area contributed by atoms with E-state index in [1.54, 1.807) is 11.3 Å². The Morgan fingerprint density at radius 1 is 1.08 bits per heavy atom. The fraction of sp³-hybridized carbons (Fsp3) is 0.167. The topological polar surface area (TPSA) is 41.7 Å². The smallest absolute Gasteiger partial charge is 0.317 e. The van der Waals surface area contributed by atoms with Crippen molar-refractivity contribution in [2.75, 3.05) is 5.32 Å². The van der Waals surface area contributed by atoms with Gasteiger partial charge in [0, 0.05) is 26.2 Å². The van der Waals surface area contributed by atoms with Crippen LogP contribution >= 0.6 is 11.3 Å². The van der Waals surface area contributed by atoms with Gasteiger partial charge in [0.1, 0.15) is 0 Å². The molecule has 124 valence electrons. The van der Waals surface area contributed by atoms with Crippen LogP contribution in [0.2, 0.25) is 0 Å². The third-order valence-electron chi connectivity index (χ3n) is 3.39. The van der Waals surface area contributed by atoms with Crippen molar-refractivity contribution in [3.8, 4) is 0 Å². The largest absolute Gasteiger partial charge is 1.00 e. The Morgan fingerprint density at radius 2 is 1.79 bits per heavy atom. The van der Waals surface area contributed by atoms with Crippen molar-refractivity contribution in [1.29, 1.82) is 0 Å². The maximum atomic E-state index is 4.31. The Hall–Kier alpha value is -2.05. The molecule has 3 rings (SSSR count). The molecule has 0 aliphatic rings. The van der Waals surface area contributed by atoms with Crippen molar-refractivity contribution in [1.82, 2.24) is 4.57 Å². The zero-order valence-corrected chi connectivity index (χ0v) is 16.0. The molecule has 0 saturated carbocycles. The predicted octanol–water partition coefficient (Wildman–Crippen LogP) is 2.71. The number of hydrogen-bond donors (Lipinski definition) is 1. The third kappa shape index (κ3) is 4.97. The Kier molecular flexibility index (Phi) is 6.63. The molecule has 0 fully saturated rings. The molecule has 0 aliphatic heterocycles.